The minimum atomic E-state index is 0.0306. The summed E-state index contributed by atoms with van der Waals surface area (Å²) >= 11 is 0. The molecule has 0 spiro atoms. The van der Waals surface area contributed by atoms with Gasteiger partial charge in [0.2, 0.25) is 0 Å². The molecule has 2 nitrogen and oxygen atoms in total. The standard InChI is InChI=1S/C19H38O2/c1-4-7-10-12-15-18(14-9-6-3)17-19(20)21-16-13-11-8-5-2/h18H,4-17H2,1-3H3. The summed E-state index contributed by atoms with van der Waals surface area (Å²) in [7, 11) is 0. The maximum absolute atomic E-state index is 11.9. The number of hydrogen-bond donors (Lipinski definition) is 0. The second kappa shape index (κ2) is 15.9. The summed E-state index contributed by atoms with van der Waals surface area (Å²) in [6, 6.07) is 0. The molecular weight excluding hydrogens is 260 g/mol. The van der Waals surface area contributed by atoms with Crippen molar-refractivity contribution >= 4 is 5.97 Å². The Bertz CT molecular complexity index is 226. The van der Waals surface area contributed by atoms with E-state index in [1.165, 1.54) is 70.6 Å². The highest BCUT2D eigenvalue weighted by Gasteiger charge is 2.14. The quantitative estimate of drug-likeness (QED) is 0.263. The first-order valence-electron chi connectivity index (χ1n) is 9.40. The Kier molecular flexibility index (Phi) is 15.5. The lowest BCUT2D eigenvalue weighted by atomic mass is 9.92. The molecular formula is C19H38O2. The van der Waals surface area contributed by atoms with E-state index in [9.17, 15) is 4.79 Å². The molecule has 0 fully saturated rings. The second-order valence-corrected chi connectivity index (χ2v) is 6.34. The Hall–Kier alpha value is -0.530. The van der Waals surface area contributed by atoms with Crippen molar-refractivity contribution in [2.24, 2.45) is 5.92 Å². The van der Waals surface area contributed by atoms with E-state index in [2.05, 4.69) is 20.8 Å². The van der Waals surface area contributed by atoms with Crippen molar-refractivity contribution in [1.29, 1.82) is 0 Å². The molecule has 0 aromatic heterocycles. The Morgan fingerprint density at radius 2 is 1.33 bits per heavy atom. The van der Waals surface area contributed by atoms with Crippen LogP contribution in [0.5, 0.6) is 0 Å². The van der Waals surface area contributed by atoms with Gasteiger partial charge in [-0.3, -0.25) is 4.79 Å². The Labute approximate surface area is 133 Å². The van der Waals surface area contributed by atoms with Crippen LogP contribution in [0.4, 0.5) is 0 Å². The summed E-state index contributed by atoms with van der Waals surface area (Å²) < 4.78 is 5.39. The lowest BCUT2D eigenvalue weighted by Gasteiger charge is -2.16. The average Bonchev–Trinajstić information content (AvgIpc) is 2.48. The molecule has 1 unspecified atom stereocenters. The number of carbonyl (C=O) groups excluding carboxylic acids is 1. The largest absolute Gasteiger partial charge is 0.466 e. The van der Waals surface area contributed by atoms with Crippen LogP contribution in [0, 0.1) is 5.92 Å². The molecule has 0 aliphatic rings. The Morgan fingerprint density at radius 3 is 1.95 bits per heavy atom. The monoisotopic (exact) mass is 298 g/mol. The Balaban J connectivity index is 3.81. The topological polar surface area (TPSA) is 26.3 Å². The van der Waals surface area contributed by atoms with Crippen molar-refractivity contribution in [2.45, 2.75) is 104 Å². The summed E-state index contributed by atoms with van der Waals surface area (Å²) in [5.74, 6) is 0.577. The summed E-state index contributed by atoms with van der Waals surface area (Å²) in [4.78, 5) is 11.9. The maximum atomic E-state index is 11.9. The Morgan fingerprint density at radius 1 is 0.762 bits per heavy atom. The van der Waals surface area contributed by atoms with Gasteiger partial charge in [-0.25, -0.2) is 0 Å². The molecule has 0 radical (unpaired) electrons. The van der Waals surface area contributed by atoms with Gasteiger partial charge in [-0.05, 0) is 25.2 Å². The van der Waals surface area contributed by atoms with E-state index in [4.69, 9.17) is 4.74 Å². The zero-order valence-electron chi connectivity index (χ0n) is 14.8. The molecule has 126 valence electrons. The molecule has 0 bridgehead atoms. The number of rotatable bonds is 15. The maximum Gasteiger partial charge on any atom is 0.306 e. The van der Waals surface area contributed by atoms with E-state index >= 15 is 0 Å². The normalized spacial score (nSPS) is 12.3. The van der Waals surface area contributed by atoms with Gasteiger partial charge in [0.1, 0.15) is 0 Å². The number of esters is 1. The zero-order valence-corrected chi connectivity index (χ0v) is 14.8. The van der Waals surface area contributed by atoms with Crippen LogP contribution in [0.1, 0.15) is 104 Å². The molecule has 21 heavy (non-hydrogen) atoms. The highest BCUT2D eigenvalue weighted by molar-refractivity contribution is 5.69. The van der Waals surface area contributed by atoms with Gasteiger partial charge in [-0.2, -0.15) is 0 Å². The minimum Gasteiger partial charge on any atom is -0.466 e. The number of hydrogen-bond acceptors (Lipinski definition) is 2. The predicted octanol–water partition coefficient (Wildman–Crippen LogP) is 6.28. The van der Waals surface area contributed by atoms with Gasteiger partial charge in [0.15, 0.2) is 0 Å². The van der Waals surface area contributed by atoms with E-state index < -0.39 is 0 Å². The van der Waals surface area contributed by atoms with Crippen LogP contribution in [0.2, 0.25) is 0 Å². The van der Waals surface area contributed by atoms with Crippen molar-refractivity contribution in [3.63, 3.8) is 0 Å². The zero-order chi connectivity index (χ0) is 15.8. The van der Waals surface area contributed by atoms with Crippen LogP contribution in [0.15, 0.2) is 0 Å². The average molecular weight is 299 g/mol. The van der Waals surface area contributed by atoms with Crippen LogP contribution in [0.25, 0.3) is 0 Å². The minimum absolute atomic E-state index is 0.0306. The van der Waals surface area contributed by atoms with Crippen molar-refractivity contribution < 1.29 is 9.53 Å². The molecule has 1 atom stereocenters. The smallest absolute Gasteiger partial charge is 0.306 e. The van der Waals surface area contributed by atoms with E-state index in [-0.39, 0.29) is 5.97 Å². The van der Waals surface area contributed by atoms with Crippen LogP contribution < -0.4 is 0 Å². The lowest BCUT2D eigenvalue weighted by molar-refractivity contribution is -0.145. The molecule has 0 heterocycles. The molecule has 0 aromatic carbocycles. The van der Waals surface area contributed by atoms with Gasteiger partial charge in [0, 0.05) is 6.42 Å². The van der Waals surface area contributed by atoms with Gasteiger partial charge in [-0.1, -0.05) is 78.6 Å². The third-order valence-corrected chi connectivity index (χ3v) is 4.15. The first-order chi connectivity index (χ1) is 10.2. The SMILES string of the molecule is CCCCCCOC(=O)CC(CCCC)CCCCCC. The summed E-state index contributed by atoms with van der Waals surface area (Å²) in [5.41, 5.74) is 0. The first-order valence-corrected chi connectivity index (χ1v) is 9.40. The second-order valence-electron chi connectivity index (χ2n) is 6.34. The fraction of sp³-hybridized carbons (Fsp3) is 0.947. The first kappa shape index (κ1) is 20.5. The molecule has 0 saturated heterocycles. The fourth-order valence-corrected chi connectivity index (χ4v) is 2.71. The van der Waals surface area contributed by atoms with Crippen LogP contribution in [0.3, 0.4) is 0 Å². The van der Waals surface area contributed by atoms with Crippen LogP contribution in [-0.2, 0) is 9.53 Å². The summed E-state index contributed by atoms with van der Waals surface area (Å²) in [5, 5.41) is 0. The van der Waals surface area contributed by atoms with Gasteiger partial charge in [-0.15, -0.1) is 0 Å². The number of ether oxygens (including phenoxy) is 1. The van der Waals surface area contributed by atoms with Gasteiger partial charge < -0.3 is 4.74 Å². The highest BCUT2D eigenvalue weighted by atomic mass is 16.5. The highest BCUT2D eigenvalue weighted by Crippen LogP contribution is 2.21. The van der Waals surface area contributed by atoms with E-state index in [0.29, 0.717) is 18.9 Å². The van der Waals surface area contributed by atoms with Crippen LogP contribution >= 0.6 is 0 Å². The summed E-state index contributed by atoms with van der Waals surface area (Å²) in [6.07, 6.45) is 15.3. The summed E-state index contributed by atoms with van der Waals surface area (Å²) in [6.45, 7) is 7.28. The molecule has 2 heteroatoms. The fourth-order valence-electron chi connectivity index (χ4n) is 2.71. The van der Waals surface area contributed by atoms with E-state index in [0.717, 1.165) is 6.42 Å². The van der Waals surface area contributed by atoms with Gasteiger partial charge in [0.25, 0.3) is 0 Å². The third kappa shape index (κ3) is 14.2. The molecule has 0 aliphatic heterocycles. The predicted molar refractivity (Wildman–Crippen MR) is 91.5 cm³/mol. The van der Waals surface area contributed by atoms with E-state index in [1.54, 1.807) is 0 Å². The third-order valence-electron chi connectivity index (χ3n) is 4.15. The van der Waals surface area contributed by atoms with Gasteiger partial charge in [0.05, 0.1) is 6.61 Å². The van der Waals surface area contributed by atoms with E-state index in [1.807, 2.05) is 0 Å². The molecule has 0 aromatic rings. The molecule has 0 N–H and O–H groups in total. The molecule has 0 rings (SSSR count). The van der Waals surface area contributed by atoms with Crippen LogP contribution in [-0.4, -0.2) is 12.6 Å². The molecule has 0 aliphatic carbocycles. The van der Waals surface area contributed by atoms with Gasteiger partial charge >= 0.3 is 5.97 Å². The molecule has 0 saturated carbocycles. The number of carbonyl (C=O) groups is 1. The lowest BCUT2D eigenvalue weighted by Crippen LogP contribution is -2.13. The number of unbranched alkanes of at least 4 members (excludes halogenated alkanes) is 7. The molecule has 0 amide bonds. The van der Waals surface area contributed by atoms with Crippen molar-refractivity contribution in [2.75, 3.05) is 6.61 Å². The van der Waals surface area contributed by atoms with Crippen molar-refractivity contribution in [3.05, 3.63) is 0 Å². The van der Waals surface area contributed by atoms with Crippen molar-refractivity contribution in [1.82, 2.24) is 0 Å². The van der Waals surface area contributed by atoms with Crippen molar-refractivity contribution in [3.8, 4) is 0 Å².